The maximum atomic E-state index is 2.48. The molecule has 1 aliphatic rings. The summed E-state index contributed by atoms with van der Waals surface area (Å²) in [5, 5.41) is 0. The van der Waals surface area contributed by atoms with Crippen molar-refractivity contribution in [2.24, 2.45) is 0 Å². The molecule has 1 aromatic rings. The molecule has 1 aliphatic carbocycles. The third kappa shape index (κ3) is 2.25. The Labute approximate surface area is 93.7 Å². The smallest absolute Gasteiger partial charge is 0.0162 e. The summed E-state index contributed by atoms with van der Waals surface area (Å²) in [5.74, 6) is 0.838. The van der Waals surface area contributed by atoms with Crippen molar-refractivity contribution in [2.75, 3.05) is 0 Å². The first-order chi connectivity index (χ1) is 7.35. The molecule has 0 spiro atoms. The highest BCUT2D eigenvalue weighted by Crippen LogP contribution is 2.34. The molecular formula is C15H22. The van der Waals surface area contributed by atoms with Crippen LogP contribution in [0.3, 0.4) is 0 Å². The van der Waals surface area contributed by atoms with E-state index in [0.717, 1.165) is 5.92 Å². The molecule has 0 aliphatic heterocycles. The van der Waals surface area contributed by atoms with Crippen LogP contribution in [-0.4, -0.2) is 0 Å². The molecule has 82 valence electrons. The lowest BCUT2D eigenvalue weighted by atomic mass is 9.80. The SMILES string of the molecule is CCCc1ccc2c(c1)C(CC)CCC2. The number of hydrogen-bond acceptors (Lipinski definition) is 0. The Balaban J connectivity index is 2.30. The van der Waals surface area contributed by atoms with Gasteiger partial charge in [-0.05, 0) is 54.7 Å². The number of fused-ring (bicyclic) bond motifs is 1. The average molecular weight is 202 g/mol. The van der Waals surface area contributed by atoms with E-state index < -0.39 is 0 Å². The summed E-state index contributed by atoms with van der Waals surface area (Å²) >= 11 is 0. The molecule has 0 N–H and O–H groups in total. The third-order valence-corrected chi connectivity index (χ3v) is 3.68. The fourth-order valence-corrected chi connectivity index (χ4v) is 2.81. The van der Waals surface area contributed by atoms with Crippen molar-refractivity contribution < 1.29 is 0 Å². The van der Waals surface area contributed by atoms with Gasteiger partial charge in [0, 0.05) is 0 Å². The van der Waals surface area contributed by atoms with E-state index in [-0.39, 0.29) is 0 Å². The van der Waals surface area contributed by atoms with Crippen molar-refractivity contribution in [2.45, 2.75) is 58.3 Å². The van der Waals surface area contributed by atoms with Crippen LogP contribution in [0, 0.1) is 0 Å². The lowest BCUT2D eigenvalue weighted by Crippen LogP contribution is -2.09. The monoisotopic (exact) mass is 202 g/mol. The molecular weight excluding hydrogens is 180 g/mol. The molecule has 1 atom stereocenters. The van der Waals surface area contributed by atoms with Gasteiger partial charge in [0.25, 0.3) is 0 Å². The molecule has 0 heteroatoms. The zero-order valence-corrected chi connectivity index (χ0v) is 10.1. The largest absolute Gasteiger partial charge is 0.0651 e. The lowest BCUT2D eigenvalue weighted by Gasteiger charge is -2.25. The molecule has 0 radical (unpaired) electrons. The van der Waals surface area contributed by atoms with E-state index in [1.165, 1.54) is 44.1 Å². The first kappa shape index (κ1) is 10.7. The van der Waals surface area contributed by atoms with Gasteiger partial charge in [-0.3, -0.25) is 0 Å². The Bertz CT molecular complexity index is 325. The molecule has 1 aromatic carbocycles. The summed E-state index contributed by atoms with van der Waals surface area (Å²) in [5.41, 5.74) is 4.82. The fourth-order valence-electron chi connectivity index (χ4n) is 2.81. The van der Waals surface area contributed by atoms with E-state index in [4.69, 9.17) is 0 Å². The van der Waals surface area contributed by atoms with Gasteiger partial charge in [-0.25, -0.2) is 0 Å². The van der Waals surface area contributed by atoms with Crippen molar-refractivity contribution in [3.8, 4) is 0 Å². The maximum absolute atomic E-state index is 2.48. The van der Waals surface area contributed by atoms with Crippen LogP contribution in [0.2, 0.25) is 0 Å². The Hall–Kier alpha value is -0.780. The maximum Gasteiger partial charge on any atom is -0.0162 e. The Kier molecular flexibility index (Phi) is 3.45. The van der Waals surface area contributed by atoms with Crippen LogP contribution in [0.1, 0.15) is 62.1 Å². The van der Waals surface area contributed by atoms with Crippen molar-refractivity contribution in [1.29, 1.82) is 0 Å². The molecule has 0 saturated carbocycles. The molecule has 0 saturated heterocycles. The minimum Gasteiger partial charge on any atom is -0.0651 e. The lowest BCUT2D eigenvalue weighted by molar-refractivity contribution is 0.539. The van der Waals surface area contributed by atoms with Crippen LogP contribution in [0.15, 0.2) is 18.2 Å². The van der Waals surface area contributed by atoms with Crippen LogP contribution in [0.5, 0.6) is 0 Å². The highest BCUT2D eigenvalue weighted by Gasteiger charge is 2.18. The van der Waals surface area contributed by atoms with E-state index in [9.17, 15) is 0 Å². The molecule has 1 unspecified atom stereocenters. The van der Waals surface area contributed by atoms with Gasteiger partial charge in [0.2, 0.25) is 0 Å². The summed E-state index contributed by atoms with van der Waals surface area (Å²) in [6.45, 7) is 4.59. The molecule has 0 amide bonds. The molecule has 0 fully saturated rings. The second-order valence-electron chi connectivity index (χ2n) is 4.78. The summed E-state index contributed by atoms with van der Waals surface area (Å²) < 4.78 is 0. The summed E-state index contributed by atoms with van der Waals surface area (Å²) in [6.07, 6.45) is 7.90. The Morgan fingerprint density at radius 3 is 2.87 bits per heavy atom. The number of hydrogen-bond donors (Lipinski definition) is 0. The molecule has 0 nitrogen and oxygen atoms in total. The van der Waals surface area contributed by atoms with Crippen LogP contribution in [-0.2, 0) is 12.8 Å². The van der Waals surface area contributed by atoms with Gasteiger partial charge >= 0.3 is 0 Å². The van der Waals surface area contributed by atoms with E-state index in [1.807, 2.05) is 0 Å². The number of benzene rings is 1. The second kappa shape index (κ2) is 4.83. The fraction of sp³-hybridized carbons (Fsp3) is 0.600. The zero-order chi connectivity index (χ0) is 10.7. The van der Waals surface area contributed by atoms with Gasteiger partial charge in [0.15, 0.2) is 0 Å². The van der Waals surface area contributed by atoms with E-state index in [0.29, 0.717) is 0 Å². The van der Waals surface area contributed by atoms with Crippen molar-refractivity contribution >= 4 is 0 Å². The number of rotatable bonds is 3. The quantitative estimate of drug-likeness (QED) is 0.678. The zero-order valence-electron chi connectivity index (χ0n) is 10.1. The molecule has 0 aromatic heterocycles. The van der Waals surface area contributed by atoms with Crippen LogP contribution < -0.4 is 0 Å². The van der Waals surface area contributed by atoms with Crippen LogP contribution >= 0.6 is 0 Å². The Morgan fingerprint density at radius 1 is 1.27 bits per heavy atom. The highest BCUT2D eigenvalue weighted by molar-refractivity contribution is 5.36. The van der Waals surface area contributed by atoms with Gasteiger partial charge in [-0.1, -0.05) is 38.5 Å². The van der Waals surface area contributed by atoms with E-state index in [1.54, 1.807) is 11.1 Å². The first-order valence-corrected chi connectivity index (χ1v) is 6.46. The summed E-state index contributed by atoms with van der Waals surface area (Å²) in [7, 11) is 0. The third-order valence-electron chi connectivity index (χ3n) is 3.68. The summed E-state index contributed by atoms with van der Waals surface area (Å²) in [6, 6.07) is 7.19. The predicted molar refractivity (Wildman–Crippen MR) is 66.4 cm³/mol. The normalized spacial score (nSPS) is 20.0. The van der Waals surface area contributed by atoms with E-state index >= 15 is 0 Å². The molecule has 0 bridgehead atoms. The van der Waals surface area contributed by atoms with Crippen molar-refractivity contribution in [3.05, 3.63) is 34.9 Å². The first-order valence-electron chi connectivity index (χ1n) is 6.46. The average Bonchev–Trinajstić information content (AvgIpc) is 2.28. The number of aryl methyl sites for hydroxylation is 2. The standard InChI is InChI=1S/C15H22/c1-3-6-12-9-10-14-8-5-7-13(4-2)15(14)11-12/h9-11,13H,3-8H2,1-2H3. The molecule has 15 heavy (non-hydrogen) atoms. The van der Waals surface area contributed by atoms with Gasteiger partial charge in [-0.15, -0.1) is 0 Å². The summed E-state index contributed by atoms with van der Waals surface area (Å²) in [4.78, 5) is 0. The molecule has 2 rings (SSSR count). The van der Waals surface area contributed by atoms with Crippen molar-refractivity contribution in [3.63, 3.8) is 0 Å². The minimum atomic E-state index is 0.838. The van der Waals surface area contributed by atoms with Crippen LogP contribution in [0.4, 0.5) is 0 Å². The van der Waals surface area contributed by atoms with Crippen molar-refractivity contribution in [1.82, 2.24) is 0 Å². The highest BCUT2D eigenvalue weighted by atomic mass is 14.2. The van der Waals surface area contributed by atoms with E-state index in [2.05, 4.69) is 32.0 Å². The molecule has 0 heterocycles. The predicted octanol–water partition coefficient (Wildman–Crippen LogP) is 4.47. The van der Waals surface area contributed by atoms with Gasteiger partial charge < -0.3 is 0 Å². The minimum absolute atomic E-state index is 0.838. The topological polar surface area (TPSA) is 0 Å². The second-order valence-corrected chi connectivity index (χ2v) is 4.78. The van der Waals surface area contributed by atoms with Gasteiger partial charge in [0.05, 0.1) is 0 Å². The van der Waals surface area contributed by atoms with Crippen LogP contribution in [0.25, 0.3) is 0 Å². The van der Waals surface area contributed by atoms with Gasteiger partial charge in [-0.2, -0.15) is 0 Å². The van der Waals surface area contributed by atoms with Gasteiger partial charge in [0.1, 0.15) is 0 Å². The Morgan fingerprint density at radius 2 is 2.13 bits per heavy atom.